The average Bonchev–Trinajstić information content (AvgIpc) is 2.34. The van der Waals surface area contributed by atoms with E-state index < -0.39 is 11.8 Å². The van der Waals surface area contributed by atoms with E-state index in [0.717, 1.165) is 17.8 Å². The van der Waals surface area contributed by atoms with Crippen LogP contribution in [0.25, 0.3) is 6.08 Å². The van der Waals surface area contributed by atoms with Crippen LogP contribution in [0.2, 0.25) is 0 Å². The van der Waals surface area contributed by atoms with Crippen LogP contribution < -0.4 is 0 Å². The van der Waals surface area contributed by atoms with Gasteiger partial charge in [0.1, 0.15) is 5.82 Å². The zero-order chi connectivity index (χ0) is 13.5. The minimum atomic E-state index is -0.573. The van der Waals surface area contributed by atoms with Crippen LogP contribution in [0.1, 0.15) is 22.8 Å². The van der Waals surface area contributed by atoms with E-state index in [1.54, 1.807) is 12.2 Å². The fourth-order valence-electron chi connectivity index (χ4n) is 1.25. The van der Waals surface area contributed by atoms with Crippen molar-refractivity contribution in [2.45, 2.75) is 6.92 Å². The monoisotopic (exact) mass is 268 g/mol. The Morgan fingerprint density at radius 1 is 1.44 bits per heavy atom. The number of halogens is 1. The van der Waals surface area contributed by atoms with Crippen molar-refractivity contribution in [1.29, 1.82) is 0 Å². The molecule has 0 unspecified atom stereocenters. The first-order chi connectivity index (χ1) is 8.54. The number of hydrogen-bond acceptors (Lipinski definition) is 4. The minimum absolute atomic E-state index is 0.0150. The summed E-state index contributed by atoms with van der Waals surface area (Å²) < 4.78 is 18.1. The largest absolute Gasteiger partial charge is 0.465 e. The van der Waals surface area contributed by atoms with Gasteiger partial charge in [-0.2, -0.15) is 0 Å². The molecule has 0 atom stereocenters. The molecule has 0 radical (unpaired) electrons. The number of hydrogen-bond donors (Lipinski definition) is 0. The van der Waals surface area contributed by atoms with Crippen molar-refractivity contribution in [3.05, 3.63) is 41.2 Å². The second-order valence-electron chi connectivity index (χ2n) is 3.43. The predicted octanol–water partition coefficient (Wildman–Crippen LogP) is 2.91. The van der Waals surface area contributed by atoms with Gasteiger partial charge in [0.25, 0.3) is 0 Å². The lowest BCUT2D eigenvalue weighted by Gasteiger charge is -2.01. The summed E-state index contributed by atoms with van der Waals surface area (Å²) in [6.45, 7) is 1.48. The molecule has 0 aliphatic rings. The molecule has 0 heterocycles. The topological polar surface area (TPSA) is 43.4 Å². The third kappa shape index (κ3) is 4.33. The average molecular weight is 268 g/mol. The van der Waals surface area contributed by atoms with E-state index in [-0.39, 0.29) is 10.7 Å². The van der Waals surface area contributed by atoms with E-state index in [0.29, 0.717) is 11.3 Å². The summed E-state index contributed by atoms with van der Waals surface area (Å²) in [6, 6.07) is 4.12. The maximum absolute atomic E-state index is 13.6. The van der Waals surface area contributed by atoms with Crippen LogP contribution in [0.15, 0.2) is 24.3 Å². The number of rotatable bonds is 4. The van der Waals surface area contributed by atoms with E-state index in [2.05, 4.69) is 4.74 Å². The maximum atomic E-state index is 13.6. The highest BCUT2D eigenvalue weighted by Gasteiger charge is 2.08. The van der Waals surface area contributed by atoms with Gasteiger partial charge in [-0.1, -0.05) is 30.0 Å². The van der Waals surface area contributed by atoms with Gasteiger partial charge in [0.15, 0.2) is 5.12 Å². The quantitative estimate of drug-likeness (QED) is 0.787. The molecule has 0 aliphatic carbocycles. The molecule has 0 saturated heterocycles. The zero-order valence-electron chi connectivity index (χ0n) is 10.1. The van der Waals surface area contributed by atoms with Crippen molar-refractivity contribution >= 4 is 28.9 Å². The Hall–Kier alpha value is -1.62. The number of ether oxygens (including phenoxy) is 1. The van der Waals surface area contributed by atoms with Gasteiger partial charge in [0, 0.05) is 18.2 Å². The van der Waals surface area contributed by atoms with Gasteiger partial charge >= 0.3 is 5.97 Å². The van der Waals surface area contributed by atoms with Gasteiger partial charge in [-0.3, -0.25) is 4.79 Å². The van der Waals surface area contributed by atoms with Crippen molar-refractivity contribution in [3.8, 4) is 0 Å². The van der Waals surface area contributed by atoms with Crippen LogP contribution in [-0.4, -0.2) is 23.9 Å². The fraction of sp³-hybridized carbons (Fsp3) is 0.231. The van der Waals surface area contributed by atoms with Gasteiger partial charge in [-0.15, -0.1) is 0 Å². The van der Waals surface area contributed by atoms with Gasteiger partial charge in [-0.05, 0) is 12.1 Å². The molecule has 3 nitrogen and oxygen atoms in total. The summed E-state index contributed by atoms with van der Waals surface area (Å²) in [5.74, 6) is -0.577. The van der Waals surface area contributed by atoms with Gasteiger partial charge in [0.2, 0.25) is 0 Å². The molecule has 0 aromatic heterocycles. The third-order valence-corrected chi connectivity index (χ3v) is 2.87. The highest BCUT2D eigenvalue weighted by molar-refractivity contribution is 8.13. The molecular formula is C13H13FO3S. The standard InChI is InChI=1S/C13H13FO3S/c1-9(15)18-7-3-4-10-5-6-11(8-12(10)14)13(16)17-2/h3-6,8H,7H2,1-2H3. The Morgan fingerprint density at radius 3 is 2.72 bits per heavy atom. The molecule has 1 aromatic rings. The minimum Gasteiger partial charge on any atom is -0.465 e. The van der Waals surface area contributed by atoms with E-state index in [1.807, 2.05) is 0 Å². The summed E-state index contributed by atoms with van der Waals surface area (Å²) in [5.41, 5.74) is 0.539. The second kappa shape index (κ2) is 6.96. The summed E-state index contributed by atoms with van der Waals surface area (Å²) in [6.07, 6.45) is 3.27. The Kier molecular flexibility index (Phi) is 5.58. The van der Waals surface area contributed by atoms with E-state index in [9.17, 15) is 14.0 Å². The van der Waals surface area contributed by atoms with Crippen LogP contribution in [0.4, 0.5) is 4.39 Å². The molecule has 18 heavy (non-hydrogen) atoms. The molecule has 1 aromatic carbocycles. The summed E-state index contributed by atoms with van der Waals surface area (Å²) in [7, 11) is 1.24. The molecular weight excluding hydrogens is 255 g/mol. The zero-order valence-corrected chi connectivity index (χ0v) is 10.9. The molecule has 0 amide bonds. The number of thioether (sulfide) groups is 1. The summed E-state index contributed by atoms with van der Waals surface area (Å²) >= 11 is 1.15. The SMILES string of the molecule is COC(=O)c1ccc(C=CCSC(C)=O)c(F)c1. The number of carbonyl (C=O) groups is 2. The molecule has 0 fully saturated rings. The van der Waals surface area contributed by atoms with Crippen molar-refractivity contribution < 1.29 is 18.7 Å². The van der Waals surface area contributed by atoms with Gasteiger partial charge in [0.05, 0.1) is 12.7 Å². The van der Waals surface area contributed by atoms with Crippen molar-refractivity contribution in [1.82, 2.24) is 0 Å². The van der Waals surface area contributed by atoms with Crippen LogP contribution in [-0.2, 0) is 9.53 Å². The first-order valence-corrected chi connectivity index (χ1v) is 6.21. The second-order valence-corrected chi connectivity index (χ2v) is 4.63. The fourth-order valence-corrected chi connectivity index (χ4v) is 1.67. The van der Waals surface area contributed by atoms with Crippen molar-refractivity contribution in [2.75, 3.05) is 12.9 Å². The lowest BCUT2D eigenvalue weighted by atomic mass is 10.1. The number of carbonyl (C=O) groups excluding carboxylic acids is 2. The predicted molar refractivity (Wildman–Crippen MR) is 69.9 cm³/mol. The number of methoxy groups -OCH3 is 1. The normalized spacial score (nSPS) is 10.6. The lowest BCUT2D eigenvalue weighted by Crippen LogP contribution is -2.01. The van der Waals surface area contributed by atoms with Crippen molar-refractivity contribution in [2.24, 2.45) is 0 Å². The van der Waals surface area contributed by atoms with E-state index in [1.165, 1.54) is 26.2 Å². The molecule has 5 heteroatoms. The molecule has 0 spiro atoms. The van der Waals surface area contributed by atoms with Crippen LogP contribution in [0, 0.1) is 5.82 Å². The Bertz CT molecular complexity index is 483. The smallest absolute Gasteiger partial charge is 0.337 e. The molecule has 1 rings (SSSR count). The molecule has 0 bridgehead atoms. The first-order valence-electron chi connectivity index (χ1n) is 5.22. The number of esters is 1. The third-order valence-electron chi connectivity index (χ3n) is 2.10. The van der Waals surface area contributed by atoms with Crippen molar-refractivity contribution in [3.63, 3.8) is 0 Å². The van der Waals surface area contributed by atoms with Crippen LogP contribution in [0.3, 0.4) is 0 Å². The van der Waals surface area contributed by atoms with E-state index in [4.69, 9.17) is 0 Å². The highest BCUT2D eigenvalue weighted by Crippen LogP contribution is 2.13. The maximum Gasteiger partial charge on any atom is 0.337 e. The highest BCUT2D eigenvalue weighted by atomic mass is 32.2. The Labute approximate surface area is 109 Å². The Balaban J connectivity index is 2.73. The summed E-state index contributed by atoms with van der Waals surface area (Å²) in [5, 5.41) is 0.0150. The van der Waals surface area contributed by atoms with Gasteiger partial charge in [-0.25, -0.2) is 9.18 Å². The molecule has 96 valence electrons. The first kappa shape index (κ1) is 14.4. The Morgan fingerprint density at radius 2 is 2.17 bits per heavy atom. The molecule has 0 aliphatic heterocycles. The van der Waals surface area contributed by atoms with E-state index >= 15 is 0 Å². The van der Waals surface area contributed by atoms with Crippen LogP contribution >= 0.6 is 11.8 Å². The molecule has 0 saturated carbocycles. The van der Waals surface area contributed by atoms with Crippen LogP contribution in [0.5, 0.6) is 0 Å². The lowest BCUT2D eigenvalue weighted by molar-refractivity contribution is -0.109. The number of benzene rings is 1. The van der Waals surface area contributed by atoms with Gasteiger partial charge < -0.3 is 4.74 Å². The molecule has 0 N–H and O–H groups in total. The summed E-state index contributed by atoms with van der Waals surface area (Å²) in [4.78, 5) is 21.8.